The van der Waals surface area contributed by atoms with Crippen molar-refractivity contribution in [2.45, 2.75) is 18.6 Å². The van der Waals surface area contributed by atoms with Gasteiger partial charge in [0.1, 0.15) is 17.7 Å². The number of sulfone groups is 1. The molecule has 11 heteroatoms. The minimum absolute atomic E-state index is 0.0224. The lowest BCUT2D eigenvalue weighted by molar-refractivity contribution is 0.129. The SMILES string of the molecule is O=C1O[C@@H](Cn2ccnn2)CN1c1cc(F)c(C2[C@H]3CS(=O)(=O)C[C@@H]23)c(F)c1. The lowest BCUT2D eigenvalue weighted by Crippen LogP contribution is -2.26. The standard InChI is InChI=1S/C17H16F2N4O4S/c18-13-3-9(23-6-10(27-17(23)24)5-22-2-1-20-21-22)4-14(19)16(13)15-11-7-28(25,26)8-12(11)15/h1-4,10-12,15H,5-8H2/t10-,11-,12+,15?/m0/s1. The van der Waals surface area contributed by atoms with Crippen LogP contribution >= 0.6 is 0 Å². The summed E-state index contributed by atoms with van der Waals surface area (Å²) >= 11 is 0. The van der Waals surface area contributed by atoms with Gasteiger partial charge in [0.25, 0.3) is 0 Å². The average Bonchev–Trinajstić information content (AvgIpc) is 3.05. The second kappa shape index (κ2) is 5.97. The van der Waals surface area contributed by atoms with E-state index in [9.17, 15) is 22.0 Å². The number of benzene rings is 1. The largest absolute Gasteiger partial charge is 0.442 e. The third-order valence-electron chi connectivity index (χ3n) is 5.67. The molecular weight excluding hydrogens is 394 g/mol. The summed E-state index contributed by atoms with van der Waals surface area (Å²) in [7, 11) is -3.09. The molecule has 4 atom stereocenters. The van der Waals surface area contributed by atoms with Crippen molar-refractivity contribution in [3.8, 4) is 0 Å². The number of carbonyl (C=O) groups excluding carboxylic acids is 1. The van der Waals surface area contributed by atoms with Crippen LogP contribution in [0.25, 0.3) is 0 Å². The first-order chi connectivity index (χ1) is 13.3. The van der Waals surface area contributed by atoms with Crippen LogP contribution in [0.4, 0.5) is 19.3 Å². The second-order valence-electron chi connectivity index (χ2n) is 7.49. The summed E-state index contributed by atoms with van der Waals surface area (Å²) in [4.78, 5) is 13.3. The summed E-state index contributed by atoms with van der Waals surface area (Å²) in [6.07, 6.45) is 1.91. The topological polar surface area (TPSA) is 94.4 Å². The number of ether oxygens (including phenoxy) is 1. The van der Waals surface area contributed by atoms with Crippen LogP contribution in [0.1, 0.15) is 11.5 Å². The molecule has 2 aliphatic heterocycles. The summed E-state index contributed by atoms with van der Waals surface area (Å²) in [6.45, 7) is 0.412. The summed E-state index contributed by atoms with van der Waals surface area (Å²) in [6, 6.07) is 2.22. The van der Waals surface area contributed by atoms with Crippen molar-refractivity contribution in [3.63, 3.8) is 0 Å². The van der Waals surface area contributed by atoms with Gasteiger partial charge in [-0.3, -0.25) is 4.90 Å². The van der Waals surface area contributed by atoms with Crippen molar-refractivity contribution in [2.24, 2.45) is 11.8 Å². The molecule has 2 aromatic rings. The number of amides is 1. The van der Waals surface area contributed by atoms with Gasteiger partial charge < -0.3 is 4.74 Å². The van der Waals surface area contributed by atoms with Gasteiger partial charge in [0.05, 0.1) is 36.5 Å². The van der Waals surface area contributed by atoms with Gasteiger partial charge in [-0.2, -0.15) is 0 Å². The number of fused-ring (bicyclic) bond motifs is 1. The predicted octanol–water partition coefficient (Wildman–Crippen LogP) is 1.34. The van der Waals surface area contributed by atoms with E-state index < -0.39 is 39.6 Å². The van der Waals surface area contributed by atoms with Crippen LogP contribution in [0.3, 0.4) is 0 Å². The molecule has 0 N–H and O–H groups in total. The Balaban J connectivity index is 1.35. The second-order valence-corrected chi connectivity index (χ2v) is 9.65. The number of carbonyl (C=O) groups is 1. The monoisotopic (exact) mass is 410 g/mol. The molecule has 1 aromatic carbocycles. The van der Waals surface area contributed by atoms with Gasteiger partial charge in [-0.1, -0.05) is 5.21 Å². The maximum absolute atomic E-state index is 14.7. The Morgan fingerprint density at radius 3 is 2.46 bits per heavy atom. The fourth-order valence-corrected chi connectivity index (χ4v) is 6.61. The van der Waals surface area contributed by atoms with Gasteiger partial charge in [0.2, 0.25) is 0 Å². The lowest BCUT2D eigenvalue weighted by Gasteiger charge is -2.16. The fraction of sp³-hybridized carbons (Fsp3) is 0.471. The molecule has 1 aromatic heterocycles. The predicted molar refractivity (Wildman–Crippen MR) is 92.4 cm³/mol. The minimum atomic E-state index is -3.09. The zero-order valence-electron chi connectivity index (χ0n) is 14.5. The molecule has 0 radical (unpaired) electrons. The van der Waals surface area contributed by atoms with Crippen molar-refractivity contribution in [1.29, 1.82) is 0 Å². The number of hydrogen-bond donors (Lipinski definition) is 0. The molecule has 3 fully saturated rings. The van der Waals surface area contributed by atoms with Crippen LogP contribution in [0.2, 0.25) is 0 Å². The van der Waals surface area contributed by atoms with E-state index in [2.05, 4.69) is 10.3 Å². The number of aromatic nitrogens is 3. The third kappa shape index (κ3) is 2.84. The number of rotatable bonds is 4. The molecule has 8 nitrogen and oxygen atoms in total. The van der Waals surface area contributed by atoms with Gasteiger partial charge in [0.15, 0.2) is 9.84 Å². The van der Waals surface area contributed by atoms with E-state index in [-0.39, 0.29) is 47.7 Å². The molecule has 1 saturated carbocycles. The van der Waals surface area contributed by atoms with Gasteiger partial charge in [-0.15, -0.1) is 5.10 Å². The number of cyclic esters (lactones) is 1. The van der Waals surface area contributed by atoms with Crippen LogP contribution in [0.5, 0.6) is 0 Å². The molecule has 5 rings (SSSR count). The van der Waals surface area contributed by atoms with Crippen LogP contribution in [0.15, 0.2) is 24.5 Å². The highest BCUT2D eigenvalue weighted by Crippen LogP contribution is 2.60. The molecule has 2 saturated heterocycles. The van der Waals surface area contributed by atoms with E-state index in [0.29, 0.717) is 0 Å². The maximum atomic E-state index is 14.7. The van der Waals surface area contributed by atoms with Gasteiger partial charge >= 0.3 is 6.09 Å². The van der Waals surface area contributed by atoms with E-state index in [1.165, 1.54) is 15.8 Å². The number of anilines is 1. The van der Waals surface area contributed by atoms with Crippen molar-refractivity contribution in [3.05, 3.63) is 41.7 Å². The highest BCUT2D eigenvalue weighted by molar-refractivity contribution is 7.91. The van der Waals surface area contributed by atoms with Gasteiger partial charge in [-0.25, -0.2) is 26.7 Å². The number of halogens is 2. The number of hydrogen-bond acceptors (Lipinski definition) is 6. The Hall–Kier alpha value is -2.56. The Labute approximate surface area is 159 Å². The fourth-order valence-electron chi connectivity index (χ4n) is 4.39. The van der Waals surface area contributed by atoms with Crippen molar-refractivity contribution < 1.29 is 26.7 Å². The minimum Gasteiger partial charge on any atom is -0.442 e. The quantitative estimate of drug-likeness (QED) is 0.755. The smallest absolute Gasteiger partial charge is 0.414 e. The summed E-state index contributed by atoms with van der Waals surface area (Å²) < 4.78 is 59.3. The van der Waals surface area contributed by atoms with Crippen LogP contribution in [-0.4, -0.2) is 53.7 Å². The zero-order valence-corrected chi connectivity index (χ0v) is 15.3. The molecule has 148 valence electrons. The lowest BCUT2D eigenvalue weighted by atomic mass is 10.1. The van der Waals surface area contributed by atoms with Crippen molar-refractivity contribution >= 4 is 21.6 Å². The van der Waals surface area contributed by atoms with E-state index in [4.69, 9.17) is 4.74 Å². The normalized spacial score (nSPS) is 30.4. The molecule has 3 aliphatic rings. The van der Waals surface area contributed by atoms with Crippen molar-refractivity contribution in [1.82, 2.24) is 15.0 Å². The Morgan fingerprint density at radius 1 is 1.18 bits per heavy atom. The number of nitrogens with zero attached hydrogens (tertiary/aromatic N) is 4. The van der Waals surface area contributed by atoms with Crippen LogP contribution in [0, 0.1) is 23.5 Å². The Bertz CT molecular complexity index is 1020. The molecule has 1 amide bonds. The van der Waals surface area contributed by atoms with Gasteiger partial charge in [0, 0.05) is 11.8 Å². The molecule has 0 spiro atoms. The molecule has 1 aliphatic carbocycles. The summed E-state index contributed by atoms with van der Waals surface area (Å²) in [5, 5.41) is 7.47. The highest BCUT2D eigenvalue weighted by Gasteiger charge is 2.60. The average molecular weight is 410 g/mol. The van der Waals surface area contributed by atoms with E-state index in [0.717, 1.165) is 12.1 Å². The van der Waals surface area contributed by atoms with Gasteiger partial charge in [-0.05, 0) is 29.9 Å². The first-order valence-electron chi connectivity index (χ1n) is 8.84. The maximum Gasteiger partial charge on any atom is 0.414 e. The third-order valence-corrected chi connectivity index (χ3v) is 7.46. The highest BCUT2D eigenvalue weighted by atomic mass is 32.2. The molecule has 3 heterocycles. The first kappa shape index (κ1) is 17.5. The Kier molecular flexibility index (Phi) is 3.74. The summed E-state index contributed by atoms with van der Waals surface area (Å²) in [5.41, 5.74) is -0.0105. The molecular formula is C17H16F2N4O4S. The van der Waals surface area contributed by atoms with E-state index in [1.807, 2.05) is 0 Å². The zero-order chi connectivity index (χ0) is 19.6. The van der Waals surface area contributed by atoms with E-state index in [1.54, 1.807) is 6.20 Å². The molecule has 28 heavy (non-hydrogen) atoms. The van der Waals surface area contributed by atoms with Crippen LogP contribution in [-0.2, 0) is 21.1 Å². The van der Waals surface area contributed by atoms with E-state index >= 15 is 0 Å². The molecule has 0 bridgehead atoms. The summed E-state index contributed by atoms with van der Waals surface area (Å²) in [5.74, 6) is -2.43. The molecule has 1 unspecified atom stereocenters. The first-order valence-corrected chi connectivity index (χ1v) is 10.7. The Morgan fingerprint density at radius 2 is 1.86 bits per heavy atom. The van der Waals surface area contributed by atoms with Crippen LogP contribution < -0.4 is 4.90 Å². The van der Waals surface area contributed by atoms with Crippen molar-refractivity contribution in [2.75, 3.05) is 23.0 Å².